The van der Waals surface area contributed by atoms with Crippen LogP contribution in [0.4, 0.5) is 5.69 Å². The number of nitrogens with zero attached hydrogens (tertiary/aromatic N) is 1. The van der Waals surface area contributed by atoms with E-state index >= 15 is 0 Å². The molecule has 8 nitrogen and oxygen atoms in total. The number of anilines is 1. The number of furan rings is 1. The van der Waals surface area contributed by atoms with Crippen LogP contribution in [0.2, 0.25) is 0 Å². The van der Waals surface area contributed by atoms with Gasteiger partial charge in [0.25, 0.3) is 5.91 Å². The monoisotopic (exact) mass is 355 g/mol. The molecule has 2 N–H and O–H groups in total. The van der Waals surface area contributed by atoms with Crippen molar-refractivity contribution in [3.05, 3.63) is 52.9 Å². The van der Waals surface area contributed by atoms with E-state index < -0.39 is 5.76 Å². The number of hydrogen-bond donors (Lipinski definition) is 2. The van der Waals surface area contributed by atoms with Gasteiger partial charge in [-0.1, -0.05) is 0 Å². The van der Waals surface area contributed by atoms with Crippen LogP contribution in [0, 0.1) is 5.92 Å². The third-order valence-electron chi connectivity index (χ3n) is 4.57. The molecule has 0 unspecified atom stereocenters. The van der Waals surface area contributed by atoms with E-state index in [0.717, 1.165) is 0 Å². The van der Waals surface area contributed by atoms with Gasteiger partial charge in [0.2, 0.25) is 5.91 Å². The van der Waals surface area contributed by atoms with E-state index in [1.54, 1.807) is 35.2 Å². The number of amides is 2. The fourth-order valence-electron chi connectivity index (χ4n) is 3.17. The minimum atomic E-state index is -0.530. The third-order valence-corrected chi connectivity index (χ3v) is 4.57. The molecule has 1 saturated heterocycles. The Hall–Kier alpha value is -3.29. The second-order valence-electron chi connectivity index (χ2n) is 6.26. The summed E-state index contributed by atoms with van der Waals surface area (Å²) >= 11 is 0. The Morgan fingerprint density at radius 1 is 1.19 bits per heavy atom. The molecule has 1 aromatic carbocycles. The summed E-state index contributed by atoms with van der Waals surface area (Å²) in [5, 5.41) is 2.86. The summed E-state index contributed by atoms with van der Waals surface area (Å²) in [4.78, 5) is 40.2. The number of aromatic nitrogens is 1. The van der Waals surface area contributed by atoms with Crippen molar-refractivity contribution in [1.29, 1.82) is 0 Å². The molecule has 4 rings (SSSR count). The van der Waals surface area contributed by atoms with Gasteiger partial charge in [-0.3, -0.25) is 14.6 Å². The maximum Gasteiger partial charge on any atom is 0.417 e. The first-order valence-electron chi connectivity index (χ1n) is 8.37. The number of hydrogen-bond acceptors (Lipinski definition) is 5. The number of oxazole rings is 1. The Kier molecular flexibility index (Phi) is 4.08. The Morgan fingerprint density at radius 2 is 2.00 bits per heavy atom. The van der Waals surface area contributed by atoms with Crippen molar-refractivity contribution in [3.8, 4) is 0 Å². The summed E-state index contributed by atoms with van der Waals surface area (Å²) in [5.41, 5.74) is 1.57. The summed E-state index contributed by atoms with van der Waals surface area (Å²) in [6.45, 7) is 1.01. The highest BCUT2D eigenvalue weighted by Crippen LogP contribution is 2.22. The molecule has 2 aromatic heterocycles. The Labute approximate surface area is 147 Å². The van der Waals surface area contributed by atoms with Crippen molar-refractivity contribution in [1.82, 2.24) is 9.88 Å². The topological polar surface area (TPSA) is 109 Å². The van der Waals surface area contributed by atoms with Crippen LogP contribution in [-0.4, -0.2) is 34.8 Å². The van der Waals surface area contributed by atoms with Crippen molar-refractivity contribution >= 4 is 28.6 Å². The first kappa shape index (κ1) is 16.2. The highest BCUT2D eigenvalue weighted by Gasteiger charge is 2.28. The van der Waals surface area contributed by atoms with Crippen molar-refractivity contribution < 1.29 is 18.4 Å². The molecule has 0 spiro atoms. The molecule has 0 aliphatic carbocycles. The number of aromatic amines is 1. The lowest BCUT2D eigenvalue weighted by Crippen LogP contribution is -2.41. The van der Waals surface area contributed by atoms with Crippen molar-refractivity contribution in [2.45, 2.75) is 12.8 Å². The third kappa shape index (κ3) is 3.13. The zero-order valence-corrected chi connectivity index (χ0v) is 13.9. The fraction of sp³-hybridized carbons (Fsp3) is 0.278. The van der Waals surface area contributed by atoms with Gasteiger partial charge < -0.3 is 19.1 Å². The predicted octanol–water partition coefficient (Wildman–Crippen LogP) is 2.21. The minimum Gasteiger partial charge on any atom is -0.459 e. The average Bonchev–Trinajstić information content (AvgIpc) is 3.29. The molecule has 2 amide bonds. The summed E-state index contributed by atoms with van der Waals surface area (Å²) < 4.78 is 10.1. The second kappa shape index (κ2) is 6.55. The molecule has 0 atom stereocenters. The van der Waals surface area contributed by atoms with Gasteiger partial charge in [0, 0.05) is 24.7 Å². The van der Waals surface area contributed by atoms with Gasteiger partial charge >= 0.3 is 5.76 Å². The number of rotatable bonds is 3. The van der Waals surface area contributed by atoms with E-state index in [2.05, 4.69) is 10.3 Å². The Morgan fingerprint density at radius 3 is 2.73 bits per heavy atom. The molecule has 0 saturated carbocycles. The van der Waals surface area contributed by atoms with Crippen LogP contribution in [0.3, 0.4) is 0 Å². The van der Waals surface area contributed by atoms with E-state index in [4.69, 9.17) is 8.83 Å². The minimum absolute atomic E-state index is 0.0970. The summed E-state index contributed by atoms with van der Waals surface area (Å²) in [5.74, 6) is -0.634. The largest absolute Gasteiger partial charge is 0.459 e. The first-order chi connectivity index (χ1) is 12.6. The maximum absolute atomic E-state index is 12.5. The highest BCUT2D eigenvalue weighted by atomic mass is 16.4. The van der Waals surface area contributed by atoms with Gasteiger partial charge in [-0.15, -0.1) is 0 Å². The van der Waals surface area contributed by atoms with Gasteiger partial charge in [0.1, 0.15) is 0 Å². The zero-order valence-electron chi connectivity index (χ0n) is 13.9. The summed E-state index contributed by atoms with van der Waals surface area (Å²) in [6.07, 6.45) is 2.64. The Balaban J connectivity index is 1.37. The smallest absolute Gasteiger partial charge is 0.417 e. The van der Waals surface area contributed by atoms with Crippen molar-refractivity contribution in [2.24, 2.45) is 5.92 Å². The number of likely N-dealkylation sites (tertiary alicyclic amines) is 1. The maximum atomic E-state index is 12.5. The van der Waals surface area contributed by atoms with Crippen LogP contribution in [0.25, 0.3) is 11.1 Å². The van der Waals surface area contributed by atoms with Crippen molar-refractivity contribution in [2.75, 3.05) is 18.4 Å². The van der Waals surface area contributed by atoms with Gasteiger partial charge in [0.05, 0.1) is 11.8 Å². The predicted molar refractivity (Wildman–Crippen MR) is 92.8 cm³/mol. The number of fused-ring (bicyclic) bond motifs is 1. The van der Waals surface area contributed by atoms with E-state index in [1.165, 1.54) is 6.26 Å². The normalized spacial score (nSPS) is 15.3. The Bertz CT molecular complexity index is 993. The van der Waals surface area contributed by atoms with Crippen LogP contribution < -0.4 is 11.1 Å². The van der Waals surface area contributed by atoms with Gasteiger partial charge in [0.15, 0.2) is 11.3 Å². The van der Waals surface area contributed by atoms with E-state index in [9.17, 15) is 14.4 Å². The molecule has 1 aliphatic rings. The van der Waals surface area contributed by atoms with Crippen LogP contribution in [0.5, 0.6) is 0 Å². The fourth-order valence-corrected chi connectivity index (χ4v) is 3.17. The molecule has 1 aliphatic heterocycles. The lowest BCUT2D eigenvalue weighted by Gasteiger charge is -2.30. The van der Waals surface area contributed by atoms with E-state index in [1.807, 2.05) is 0 Å². The van der Waals surface area contributed by atoms with Crippen LogP contribution in [0.1, 0.15) is 23.4 Å². The number of H-pyrrole nitrogens is 1. The summed E-state index contributed by atoms with van der Waals surface area (Å²) in [6, 6.07) is 8.29. The number of nitrogens with one attached hydrogen (secondary N) is 2. The lowest BCUT2D eigenvalue weighted by molar-refractivity contribution is -0.121. The van der Waals surface area contributed by atoms with E-state index in [-0.39, 0.29) is 17.7 Å². The van der Waals surface area contributed by atoms with E-state index in [0.29, 0.717) is 48.5 Å². The number of benzene rings is 1. The molecule has 3 aromatic rings. The van der Waals surface area contributed by atoms with Gasteiger partial charge in [-0.05, 0) is 43.2 Å². The molecular formula is C18H17N3O5. The molecule has 3 heterocycles. The molecule has 1 fully saturated rings. The van der Waals surface area contributed by atoms with Crippen LogP contribution >= 0.6 is 0 Å². The van der Waals surface area contributed by atoms with Crippen molar-refractivity contribution in [3.63, 3.8) is 0 Å². The average molecular weight is 355 g/mol. The number of carbonyl (C=O) groups excluding carboxylic acids is 2. The summed E-state index contributed by atoms with van der Waals surface area (Å²) in [7, 11) is 0. The van der Waals surface area contributed by atoms with Gasteiger partial charge in [-0.25, -0.2) is 4.79 Å². The lowest BCUT2D eigenvalue weighted by atomic mass is 9.95. The molecule has 8 heteroatoms. The molecule has 0 radical (unpaired) electrons. The van der Waals surface area contributed by atoms with Crippen LogP contribution in [0.15, 0.2) is 50.2 Å². The number of carbonyl (C=O) groups is 2. The van der Waals surface area contributed by atoms with Crippen LogP contribution in [-0.2, 0) is 4.79 Å². The zero-order chi connectivity index (χ0) is 18.1. The second-order valence-corrected chi connectivity index (χ2v) is 6.26. The first-order valence-corrected chi connectivity index (χ1v) is 8.37. The molecule has 0 bridgehead atoms. The standard InChI is InChI=1S/C18H17N3O5/c22-16(19-12-3-4-14-13(10-12)20-18(24)26-14)11-5-7-21(8-6-11)17(23)15-2-1-9-25-15/h1-4,9-11H,5-8H2,(H,19,22)(H,20,24). The molecular weight excluding hydrogens is 338 g/mol. The molecule has 134 valence electrons. The van der Waals surface area contributed by atoms with Gasteiger partial charge in [-0.2, -0.15) is 0 Å². The number of piperidine rings is 1. The SMILES string of the molecule is O=C(Nc1ccc2oc(=O)[nH]c2c1)C1CCN(C(=O)c2ccco2)CC1. The quantitative estimate of drug-likeness (QED) is 0.749. The highest BCUT2D eigenvalue weighted by molar-refractivity contribution is 5.95. The molecule has 26 heavy (non-hydrogen) atoms.